The van der Waals surface area contributed by atoms with Crippen LogP contribution in [0, 0.1) is 25.2 Å². The highest BCUT2D eigenvalue weighted by molar-refractivity contribution is 5.89. The van der Waals surface area contributed by atoms with Gasteiger partial charge in [0.05, 0.1) is 18.1 Å². The lowest BCUT2D eigenvalue weighted by atomic mass is 10.1. The van der Waals surface area contributed by atoms with Gasteiger partial charge >= 0.3 is 5.97 Å². The fourth-order valence-electron chi connectivity index (χ4n) is 2.23. The molecule has 4 nitrogen and oxygen atoms in total. The number of nitriles is 1. The van der Waals surface area contributed by atoms with Gasteiger partial charge in [0.2, 0.25) is 0 Å². The fraction of sp³-hybridized carbons (Fsp3) is 0.200. The molecule has 0 saturated heterocycles. The van der Waals surface area contributed by atoms with Crippen LogP contribution in [0.25, 0.3) is 5.69 Å². The van der Waals surface area contributed by atoms with Crippen LogP contribution in [0.15, 0.2) is 30.3 Å². The molecule has 2 rings (SSSR count). The van der Waals surface area contributed by atoms with E-state index >= 15 is 0 Å². The van der Waals surface area contributed by atoms with Gasteiger partial charge in [-0.25, -0.2) is 4.79 Å². The first-order chi connectivity index (χ1) is 9.04. The topological polar surface area (TPSA) is 66.0 Å². The highest BCUT2D eigenvalue weighted by Gasteiger charge is 2.15. The molecule has 0 aliphatic carbocycles. The molecule has 0 radical (unpaired) electrons. The minimum atomic E-state index is -0.916. The normalized spacial score (nSPS) is 10.2. The fourth-order valence-corrected chi connectivity index (χ4v) is 2.23. The van der Waals surface area contributed by atoms with Crippen LogP contribution in [0.5, 0.6) is 0 Å². The van der Waals surface area contributed by atoms with E-state index in [0.717, 1.165) is 16.9 Å². The van der Waals surface area contributed by atoms with Crippen molar-refractivity contribution in [3.8, 4) is 11.8 Å². The van der Waals surface area contributed by atoms with Crippen molar-refractivity contribution in [1.29, 1.82) is 5.26 Å². The summed E-state index contributed by atoms with van der Waals surface area (Å²) in [5.74, 6) is -0.916. The van der Waals surface area contributed by atoms with Crippen molar-refractivity contribution >= 4 is 5.97 Å². The van der Waals surface area contributed by atoms with Crippen LogP contribution in [-0.2, 0) is 6.42 Å². The standard InChI is InChI=1S/C15H14N2O2/c1-10-9-14(15(18)19)11(2)17(10)13-5-3-12(4-6-13)7-8-16/h3-6,9H,7H2,1-2H3,(H,18,19). The molecule has 0 atom stereocenters. The molecular weight excluding hydrogens is 240 g/mol. The minimum Gasteiger partial charge on any atom is -0.478 e. The Morgan fingerprint density at radius 2 is 1.95 bits per heavy atom. The molecule has 0 amide bonds. The molecular formula is C15H14N2O2. The maximum absolute atomic E-state index is 11.1. The third kappa shape index (κ3) is 2.36. The van der Waals surface area contributed by atoms with Gasteiger partial charge < -0.3 is 9.67 Å². The summed E-state index contributed by atoms with van der Waals surface area (Å²) < 4.78 is 1.90. The molecule has 19 heavy (non-hydrogen) atoms. The lowest BCUT2D eigenvalue weighted by molar-refractivity contribution is 0.0696. The zero-order valence-electron chi connectivity index (χ0n) is 10.8. The molecule has 0 aliphatic heterocycles. The largest absolute Gasteiger partial charge is 0.478 e. The quantitative estimate of drug-likeness (QED) is 0.915. The average Bonchev–Trinajstić information content (AvgIpc) is 2.67. The Morgan fingerprint density at radius 3 is 2.42 bits per heavy atom. The molecule has 0 unspecified atom stereocenters. The molecule has 0 bridgehead atoms. The van der Waals surface area contributed by atoms with Gasteiger partial charge in [-0.2, -0.15) is 5.26 Å². The number of hydrogen-bond acceptors (Lipinski definition) is 2. The number of aromatic carboxylic acids is 1. The second-order valence-corrected chi connectivity index (χ2v) is 4.43. The number of carboxylic acids is 1. The maximum atomic E-state index is 11.1. The Hall–Kier alpha value is -2.54. The minimum absolute atomic E-state index is 0.318. The molecule has 2 aromatic rings. The molecule has 4 heteroatoms. The van der Waals surface area contributed by atoms with E-state index in [2.05, 4.69) is 6.07 Å². The summed E-state index contributed by atoms with van der Waals surface area (Å²) in [6.45, 7) is 3.67. The van der Waals surface area contributed by atoms with Gasteiger partial charge in [-0.1, -0.05) is 12.1 Å². The van der Waals surface area contributed by atoms with Crippen molar-refractivity contribution in [2.24, 2.45) is 0 Å². The molecule has 0 saturated carbocycles. The van der Waals surface area contributed by atoms with E-state index < -0.39 is 5.97 Å². The van der Waals surface area contributed by atoms with Gasteiger partial charge in [0.15, 0.2) is 0 Å². The number of carbonyl (C=O) groups is 1. The van der Waals surface area contributed by atoms with Crippen LogP contribution in [-0.4, -0.2) is 15.6 Å². The first-order valence-corrected chi connectivity index (χ1v) is 5.93. The second kappa shape index (κ2) is 4.99. The monoisotopic (exact) mass is 254 g/mol. The summed E-state index contributed by atoms with van der Waals surface area (Å²) in [7, 11) is 0. The van der Waals surface area contributed by atoms with Crippen LogP contribution in [0.3, 0.4) is 0 Å². The van der Waals surface area contributed by atoms with E-state index in [1.165, 1.54) is 0 Å². The lowest BCUT2D eigenvalue weighted by Gasteiger charge is -2.10. The Labute approximate surface area is 111 Å². The molecule has 1 heterocycles. The van der Waals surface area contributed by atoms with E-state index in [0.29, 0.717) is 17.7 Å². The highest BCUT2D eigenvalue weighted by atomic mass is 16.4. The summed E-state index contributed by atoms with van der Waals surface area (Å²) in [6.07, 6.45) is 0.379. The average molecular weight is 254 g/mol. The van der Waals surface area contributed by atoms with E-state index in [-0.39, 0.29) is 0 Å². The predicted octanol–water partition coefficient (Wildman–Crippen LogP) is 2.86. The first kappa shape index (κ1) is 12.9. The molecule has 96 valence electrons. The van der Waals surface area contributed by atoms with E-state index in [1.54, 1.807) is 13.0 Å². The van der Waals surface area contributed by atoms with Crippen molar-refractivity contribution in [2.45, 2.75) is 20.3 Å². The van der Waals surface area contributed by atoms with E-state index in [4.69, 9.17) is 10.4 Å². The number of hydrogen-bond donors (Lipinski definition) is 1. The number of rotatable bonds is 3. The van der Waals surface area contributed by atoms with Crippen molar-refractivity contribution in [1.82, 2.24) is 4.57 Å². The third-order valence-corrected chi connectivity index (χ3v) is 3.14. The van der Waals surface area contributed by atoms with Crippen molar-refractivity contribution in [2.75, 3.05) is 0 Å². The third-order valence-electron chi connectivity index (χ3n) is 3.14. The molecule has 0 aliphatic rings. The number of nitrogens with zero attached hydrogens (tertiary/aromatic N) is 2. The predicted molar refractivity (Wildman–Crippen MR) is 71.5 cm³/mol. The number of benzene rings is 1. The molecule has 0 spiro atoms. The second-order valence-electron chi connectivity index (χ2n) is 4.43. The summed E-state index contributed by atoms with van der Waals surface area (Å²) in [5.41, 5.74) is 3.76. The summed E-state index contributed by atoms with van der Waals surface area (Å²) in [6, 6.07) is 11.3. The Balaban J connectivity index is 2.47. The number of aryl methyl sites for hydroxylation is 1. The van der Waals surface area contributed by atoms with E-state index in [1.807, 2.05) is 35.8 Å². The summed E-state index contributed by atoms with van der Waals surface area (Å²) >= 11 is 0. The summed E-state index contributed by atoms with van der Waals surface area (Å²) in [5, 5.41) is 17.8. The van der Waals surface area contributed by atoms with Crippen LogP contribution < -0.4 is 0 Å². The number of carboxylic acid groups (broad SMARTS) is 1. The summed E-state index contributed by atoms with van der Waals surface area (Å²) in [4.78, 5) is 11.1. The smallest absolute Gasteiger partial charge is 0.337 e. The molecule has 1 N–H and O–H groups in total. The van der Waals surface area contributed by atoms with Crippen LogP contribution in [0.2, 0.25) is 0 Å². The molecule has 0 fully saturated rings. The van der Waals surface area contributed by atoms with Crippen molar-refractivity contribution in [3.63, 3.8) is 0 Å². The molecule has 1 aromatic carbocycles. The Morgan fingerprint density at radius 1 is 1.32 bits per heavy atom. The van der Waals surface area contributed by atoms with Gasteiger partial charge in [0.25, 0.3) is 0 Å². The van der Waals surface area contributed by atoms with E-state index in [9.17, 15) is 4.79 Å². The van der Waals surface area contributed by atoms with Crippen LogP contribution in [0.4, 0.5) is 0 Å². The Bertz CT molecular complexity index is 661. The van der Waals surface area contributed by atoms with Gasteiger partial charge in [-0.3, -0.25) is 0 Å². The lowest BCUT2D eigenvalue weighted by Crippen LogP contribution is -2.02. The zero-order valence-corrected chi connectivity index (χ0v) is 10.8. The van der Waals surface area contributed by atoms with Gasteiger partial charge in [0, 0.05) is 17.1 Å². The van der Waals surface area contributed by atoms with Crippen molar-refractivity contribution in [3.05, 3.63) is 52.8 Å². The van der Waals surface area contributed by atoms with Crippen molar-refractivity contribution < 1.29 is 9.90 Å². The highest BCUT2D eigenvalue weighted by Crippen LogP contribution is 2.21. The van der Waals surface area contributed by atoms with Crippen LogP contribution in [0.1, 0.15) is 27.3 Å². The number of aromatic nitrogens is 1. The van der Waals surface area contributed by atoms with Gasteiger partial charge in [-0.05, 0) is 37.6 Å². The first-order valence-electron chi connectivity index (χ1n) is 5.93. The van der Waals surface area contributed by atoms with Gasteiger partial charge in [-0.15, -0.1) is 0 Å². The zero-order chi connectivity index (χ0) is 14.0. The maximum Gasteiger partial charge on any atom is 0.337 e. The SMILES string of the molecule is Cc1cc(C(=O)O)c(C)n1-c1ccc(CC#N)cc1. The van der Waals surface area contributed by atoms with Gasteiger partial charge in [0.1, 0.15) is 0 Å². The Kier molecular flexibility index (Phi) is 3.39. The molecule has 1 aromatic heterocycles. The van der Waals surface area contributed by atoms with Crippen LogP contribution >= 0.6 is 0 Å².